The number of ether oxygens (including phenoxy) is 3. The first-order chi connectivity index (χ1) is 14.7. The van der Waals surface area contributed by atoms with Crippen molar-refractivity contribution in [3.63, 3.8) is 0 Å². The van der Waals surface area contributed by atoms with Crippen molar-refractivity contribution < 1.29 is 14.2 Å². The van der Waals surface area contributed by atoms with Crippen molar-refractivity contribution in [2.75, 3.05) is 13.2 Å². The van der Waals surface area contributed by atoms with Gasteiger partial charge in [-0.15, -0.1) is 0 Å². The van der Waals surface area contributed by atoms with E-state index in [0.29, 0.717) is 6.61 Å². The summed E-state index contributed by atoms with van der Waals surface area (Å²) in [5.41, 5.74) is 3.02. The highest BCUT2D eigenvalue weighted by atomic mass is 16.5. The second kappa shape index (κ2) is 8.40. The zero-order valence-corrected chi connectivity index (χ0v) is 17.8. The van der Waals surface area contributed by atoms with E-state index in [4.69, 9.17) is 19.3 Å². The molecule has 160 valence electrons. The van der Waals surface area contributed by atoms with Crippen LogP contribution in [0.15, 0.2) is 30.6 Å². The van der Waals surface area contributed by atoms with E-state index in [0.717, 1.165) is 73.2 Å². The molecule has 1 unspecified atom stereocenters. The van der Waals surface area contributed by atoms with Crippen LogP contribution in [0.5, 0.6) is 5.75 Å². The first-order valence-corrected chi connectivity index (χ1v) is 11.1. The Hall–Kier alpha value is -2.38. The fourth-order valence-corrected chi connectivity index (χ4v) is 4.27. The van der Waals surface area contributed by atoms with Gasteiger partial charge in [0.2, 0.25) is 0 Å². The van der Waals surface area contributed by atoms with Crippen LogP contribution in [0.4, 0.5) is 0 Å². The van der Waals surface area contributed by atoms with Gasteiger partial charge in [0.15, 0.2) is 6.23 Å². The van der Waals surface area contributed by atoms with E-state index >= 15 is 0 Å². The van der Waals surface area contributed by atoms with Gasteiger partial charge in [0.1, 0.15) is 11.4 Å². The molecule has 5 rings (SSSR count). The smallest absolute Gasteiger partial charge is 0.150 e. The molecule has 7 heteroatoms. The van der Waals surface area contributed by atoms with Crippen molar-refractivity contribution in [3.8, 4) is 17.0 Å². The zero-order chi connectivity index (χ0) is 20.5. The van der Waals surface area contributed by atoms with Gasteiger partial charge in [0.05, 0.1) is 30.5 Å². The van der Waals surface area contributed by atoms with E-state index in [1.807, 2.05) is 21.6 Å². The zero-order valence-electron chi connectivity index (χ0n) is 17.8. The maximum atomic E-state index is 6.21. The molecule has 2 aliphatic heterocycles. The molecule has 2 aliphatic rings. The standard InChI is InChI=1S/C23H30N4O3/c1-16-8-10-26-15-18(14-24-26)23-20-13-19(30-17(2)9-12-28-16)6-7-21(20)27(25-23)22-5-3-4-11-29-22/h6-7,13-17,22H,3-5,8-12H2,1-2H3/t16-,17+,22?/m0/s1. The second-order valence-corrected chi connectivity index (χ2v) is 8.47. The quantitative estimate of drug-likeness (QED) is 0.588. The Morgan fingerprint density at radius 2 is 1.93 bits per heavy atom. The van der Waals surface area contributed by atoms with Gasteiger partial charge >= 0.3 is 0 Å². The third-order valence-corrected chi connectivity index (χ3v) is 6.04. The molecule has 0 spiro atoms. The molecule has 0 aliphatic carbocycles. The highest BCUT2D eigenvalue weighted by Gasteiger charge is 2.23. The molecule has 2 aromatic heterocycles. The molecule has 0 N–H and O–H groups in total. The van der Waals surface area contributed by atoms with Gasteiger partial charge in [-0.05, 0) is 57.7 Å². The van der Waals surface area contributed by atoms with Crippen molar-refractivity contribution in [1.29, 1.82) is 0 Å². The maximum absolute atomic E-state index is 6.21. The predicted octanol–water partition coefficient (Wildman–Crippen LogP) is 4.57. The summed E-state index contributed by atoms with van der Waals surface area (Å²) in [6.45, 7) is 6.52. The van der Waals surface area contributed by atoms with E-state index in [1.54, 1.807) is 0 Å². The Labute approximate surface area is 176 Å². The minimum Gasteiger partial charge on any atom is -0.491 e. The molecule has 0 saturated carbocycles. The van der Waals surface area contributed by atoms with Crippen LogP contribution >= 0.6 is 0 Å². The van der Waals surface area contributed by atoms with Crippen LogP contribution < -0.4 is 4.74 Å². The summed E-state index contributed by atoms with van der Waals surface area (Å²) in [5, 5.41) is 10.7. The molecular formula is C23H30N4O3. The molecule has 0 amide bonds. The van der Waals surface area contributed by atoms with Gasteiger partial charge in [-0.25, -0.2) is 4.68 Å². The van der Waals surface area contributed by atoms with E-state index in [9.17, 15) is 0 Å². The summed E-state index contributed by atoms with van der Waals surface area (Å²) in [6.07, 6.45) is 9.29. The van der Waals surface area contributed by atoms with Gasteiger partial charge in [0, 0.05) is 36.7 Å². The first kappa shape index (κ1) is 19.6. The number of hydrogen-bond donors (Lipinski definition) is 0. The minimum atomic E-state index is -0.0145. The second-order valence-electron chi connectivity index (χ2n) is 8.47. The number of aromatic nitrogens is 4. The first-order valence-electron chi connectivity index (χ1n) is 11.1. The number of fused-ring (bicyclic) bond motifs is 4. The highest BCUT2D eigenvalue weighted by molar-refractivity contribution is 5.94. The van der Waals surface area contributed by atoms with Gasteiger partial charge in [-0.1, -0.05) is 0 Å². The third-order valence-electron chi connectivity index (χ3n) is 6.04. The monoisotopic (exact) mass is 410 g/mol. The van der Waals surface area contributed by atoms with E-state index in [2.05, 4.69) is 37.3 Å². The van der Waals surface area contributed by atoms with Crippen LogP contribution in [0.25, 0.3) is 22.2 Å². The Bertz CT molecular complexity index is 1010. The molecule has 4 heterocycles. The number of rotatable bonds is 1. The van der Waals surface area contributed by atoms with Crippen LogP contribution in [0.1, 0.15) is 52.2 Å². The van der Waals surface area contributed by atoms with Crippen molar-refractivity contribution in [2.24, 2.45) is 0 Å². The van der Waals surface area contributed by atoms with Crippen molar-refractivity contribution >= 4 is 10.9 Å². The van der Waals surface area contributed by atoms with E-state index in [1.165, 1.54) is 0 Å². The van der Waals surface area contributed by atoms with Crippen LogP contribution in [-0.2, 0) is 16.0 Å². The molecule has 3 atom stereocenters. The van der Waals surface area contributed by atoms with Crippen molar-refractivity contribution in [1.82, 2.24) is 19.6 Å². The molecule has 4 bridgehead atoms. The van der Waals surface area contributed by atoms with Crippen molar-refractivity contribution in [2.45, 2.75) is 70.9 Å². The largest absolute Gasteiger partial charge is 0.491 e. The summed E-state index contributed by atoms with van der Waals surface area (Å²) in [6, 6.07) is 6.25. The summed E-state index contributed by atoms with van der Waals surface area (Å²) in [7, 11) is 0. The lowest BCUT2D eigenvalue weighted by Crippen LogP contribution is -2.19. The molecule has 1 saturated heterocycles. The van der Waals surface area contributed by atoms with Crippen molar-refractivity contribution in [3.05, 3.63) is 30.6 Å². The summed E-state index contributed by atoms with van der Waals surface area (Å²) < 4.78 is 22.2. The lowest BCUT2D eigenvalue weighted by Gasteiger charge is -2.23. The minimum absolute atomic E-state index is 0.0145. The molecular weight excluding hydrogens is 380 g/mol. The number of hydrogen-bond acceptors (Lipinski definition) is 5. The van der Waals surface area contributed by atoms with Gasteiger partial charge < -0.3 is 14.2 Å². The van der Waals surface area contributed by atoms with Crippen LogP contribution in [0.2, 0.25) is 0 Å². The Kier molecular flexibility index (Phi) is 5.48. The fraction of sp³-hybridized carbons (Fsp3) is 0.565. The molecule has 7 nitrogen and oxygen atoms in total. The Balaban J connectivity index is 1.59. The molecule has 3 aromatic rings. The van der Waals surface area contributed by atoms with Gasteiger partial charge in [-0.3, -0.25) is 4.68 Å². The summed E-state index contributed by atoms with van der Waals surface area (Å²) in [4.78, 5) is 0. The average molecular weight is 411 g/mol. The number of aryl methyl sites for hydroxylation is 1. The molecule has 1 aromatic carbocycles. The number of benzene rings is 1. The Morgan fingerprint density at radius 3 is 2.80 bits per heavy atom. The Morgan fingerprint density at radius 1 is 1.00 bits per heavy atom. The van der Waals surface area contributed by atoms with Crippen LogP contribution in [-0.4, -0.2) is 45.0 Å². The van der Waals surface area contributed by atoms with Crippen LogP contribution in [0.3, 0.4) is 0 Å². The normalized spacial score (nSPS) is 25.6. The summed E-state index contributed by atoms with van der Waals surface area (Å²) in [5.74, 6) is 0.857. The van der Waals surface area contributed by atoms with Gasteiger partial charge in [0.25, 0.3) is 0 Å². The molecule has 0 radical (unpaired) electrons. The predicted molar refractivity (Wildman–Crippen MR) is 115 cm³/mol. The highest BCUT2D eigenvalue weighted by Crippen LogP contribution is 2.35. The lowest BCUT2D eigenvalue weighted by molar-refractivity contribution is -0.0365. The molecule has 1 fully saturated rings. The van der Waals surface area contributed by atoms with Crippen LogP contribution in [0, 0.1) is 0 Å². The maximum Gasteiger partial charge on any atom is 0.150 e. The van der Waals surface area contributed by atoms with E-state index in [-0.39, 0.29) is 18.4 Å². The lowest BCUT2D eigenvalue weighted by atomic mass is 10.1. The third kappa shape index (κ3) is 3.96. The fourth-order valence-electron chi connectivity index (χ4n) is 4.27. The van der Waals surface area contributed by atoms with E-state index < -0.39 is 0 Å². The summed E-state index contributed by atoms with van der Waals surface area (Å²) >= 11 is 0. The SMILES string of the molecule is C[C@@H]1CCO[C@@H](C)CCn2cc(cn2)-c2nn(C3CCCCO3)c3ccc(cc23)O1. The topological polar surface area (TPSA) is 63.3 Å². The van der Waals surface area contributed by atoms with Gasteiger partial charge in [-0.2, -0.15) is 10.2 Å². The number of nitrogens with zero attached hydrogens (tertiary/aromatic N) is 4. The molecule has 30 heavy (non-hydrogen) atoms. The average Bonchev–Trinajstić information content (AvgIpc) is 3.36.